The van der Waals surface area contributed by atoms with Gasteiger partial charge in [0.15, 0.2) is 0 Å². The summed E-state index contributed by atoms with van der Waals surface area (Å²) in [4.78, 5) is 14.4. The molecule has 0 aliphatic heterocycles. The van der Waals surface area contributed by atoms with E-state index in [1.807, 2.05) is 0 Å². The minimum absolute atomic E-state index is 0.0556. The summed E-state index contributed by atoms with van der Waals surface area (Å²) in [5, 5.41) is 12.0. The summed E-state index contributed by atoms with van der Waals surface area (Å²) in [6, 6.07) is 8.95. The first-order chi connectivity index (χ1) is 9.45. The lowest BCUT2D eigenvalue weighted by Crippen LogP contribution is -1.90. The van der Waals surface area contributed by atoms with Gasteiger partial charge >= 0.3 is 0 Å². The largest absolute Gasteiger partial charge is 0.270 e. The molecule has 0 atom stereocenters. The SMILES string of the molecule is O=[N+]([O-])c1ccc(Cl)c(C=Nc2cc(Cl)cc(Cl)c2)c1. The number of halogens is 3. The second-order valence-electron chi connectivity index (χ2n) is 3.85. The molecule has 0 bridgehead atoms. The van der Waals surface area contributed by atoms with Gasteiger partial charge in [-0.3, -0.25) is 15.1 Å². The van der Waals surface area contributed by atoms with E-state index in [9.17, 15) is 10.1 Å². The molecule has 0 spiro atoms. The van der Waals surface area contributed by atoms with Crippen LogP contribution in [-0.4, -0.2) is 11.1 Å². The summed E-state index contributed by atoms with van der Waals surface area (Å²) in [5.74, 6) is 0. The molecule has 2 rings (SSSR count). The number of nitro groups is 1. The maximum Gasteiger partial charge on any atom is 0.270 e. The molecule has 2 aromatic rings. The number of aliphatic imine (C=N–C) groups is 1. The molecule has 0 unspecified atom stereocenters. The van der Waals surface area contributed by atoms with E-state index in [0.717, 1.165) is 0 Å². The Hall–Kier alpha value is -1.62. The van der Waals surface area contributed by atoms with Crippen LogP contribution in [0.2, 0.25) is 15.1 Å². The second kappa shape index (κ2) is 6.22. The second-order valence-corrected chi connectivity index (χ2v) is 5.13. The summed E-state index contributed by atoms with van der Waals surface area (Å²) in [6.07, 6.45) is 1.43. The average molecular weight is 330 g/mol. The Bertz CT molecular complexity index is 682. The predicted molar refractivity (Wildman–Crippen MR) is 81.8 cm³/mol. The van der Waals surface area contributed by atoms with E-state index in [2.05, 4.69) is 4.99 Å². The summed E-state index contributed by atoms with van der Waals surface area (Å²) < 4.78 is 0. The highest BCUT2D eigenvalue weighted by Gasteiger charge is 2.08. The molecule has 20 heavy (non-hydrogen) atoms. The standard InChI is InChI=1S/C13H7Cl3N2O2/c14-9-4-10(15)6-11(5-9)17-7-8-3-12(18(19)20)1-2-13(8)16/h1-7H. The van der Waals surface area contributed by atoms with Crippen LogP contribution in [0.15, 0.2) is 41.4 Å². The van der Waals surface area contributed by atoms with Crippen molar-refractivity contribution in [3.8, 4) is 0 Å². The van der Waals surface area contributed by atoms with Gasteiger partial charge in [-0.1, -0.05) is 34.8 Å². The molecular weight excluding hydrogens is 323 g/mol. The number of nitrogens with zero attached hydrogens (tertiary/aromatic N) is 2. The normalized spacial score (nSPS) is 10.9. The quantitative estimate of drug-likeness (QED) is 0.435. The highest BCUT2D eigenvalue weighted by molar-refractivity contribution is 6.35. The van der Waals surface area contributed by atoms with Crippen molar-refractivity contribution in [1.82, 2.24) is 0 Å². The van der Waals surface area contributed by atoms with Crippen LogP contribution in [0, 0.1) is 10.1 Å². The Kier molecular flexibility index (Phi) is 4.60. The van der Waals surface area contributed by atoms with Gasteiger partial charge in [0, 0.05) is 39.0 Å². The lowest BCUT2D eigenvalue weighted by Gasteiger charge is -1.99. The van der Waals surface area contributed by atoms with Gasteiger partial charge in [0.1, 0.15) is 0 Å². The van der Waals surface area contributed by atoms with E-state index in [4.69, 9.17) is 34.8 Å². The van der Waals surface area contributed by atoms with Gasteiger partial charge in [-0.2, -0.15) is 0 Å². The Morgan fingerprint density at radius 2 is 1.70 bits per heavy atom. The van der Waals surface area contributed by atoms with Gasteiger partial charge in [0.25, 0.3) is 5.69 Å². The lowest BCUT2D eigenvalue weighted by atomic mass is 10.2. The van der Waals surface area contributed by atoms with Crippen LogP contribution in [0.25, 0.3) is 0 Å². The molecule has 0 amide bonds. The molecule has 0 saturated carbocycles. The van der Waals surface area contributed by atoms with E-state index in [1.165, 1.54) is 24.4 Å². The van der Waals surface area contributed by atoms with Crippen molar-refractivity contribution in [3.63, 3.8) is 0 Å². The molecule has 2 aromatic carbocycles. The zero-order chi connectivity index (χ0) is 14.7. The summed E-state index contributed by atoms with van der Waals surface area (Å²) >= 11 is 17.7. The van der Waals surface area contributed by atoms with E-state index < -0.39 is 4.92 Å². The fourth-order valence-electron chi connectivity index (χ4n) is 1.50. The number of benzene rings is 2. The number of non-ortho nitro benzene ring substituents is 1. The molecule has 4 nitrogen and oxygen atoms in total. The van der Waals surface area contributed by atoms with Crippen molar-refractivity contribution >= 4 is 52.4 Å². The first kappa shape index (κ1) is 14.8. The third-order valence-corrected chi connectivity index (χ3v) is 3.17. The van der Waals surface area contributed by atoms with Crippen molar-refractivity contribution in [1.29, 1.82) is 0 Å². The maximum absolute atomic E-state index is 10.7. The monoisotopic (exact) mass is 328 g/mol. The first-order valence-corrected chi connectivity index (χ1v) is 6.53. The highest BCUT2D eigenvalue weighted by Crippen LogP contribution is 2.25. The summed E-state index contributed by atoms with van der Waals surface area (Å²) in [5.41, 5.74) is 0.919. The zero-order valence-corrected chi connectivity index (χ0v) is 12.2. The van der Waals surface area contributed by atoms with Crippen LogP contribution in [-0.2, 0) is 0 Å². The number of rotatable bonds is 3. The van der Waals surface area contributed by atoms with Crippen LogP contribution >= 0.6 is 34.8 Å². The summed E-state index contributed by atoms with van der Waals surface area (Å²) in [6.45, 7) is 0. The Morgan fingerprint density at radius 1 is 1.05 bits per heavy atom. The molecule has 0 N–H and O–H groups in total. The summed E-state index contributed by atoms with van der Waals surface area (Å²) in [7, 11) is 0. The third kappa shape index (κ3) is 3.70. The van der Waals surface area contributed by atoms with Crippen LogP contribution in [0.4, 0.5) is 11.4 Å². The molecular formula is C13H7Cl3N2O2. The fourth-order valence-corrected chi connectivity index (χ4v) is 2.18. The molecule has 0 aromatic heterocycles. The van der Waals surface area contributed by atoms with Crippen LogP contribution in [0.5, 0.6) is 0 Å². The molecule has 102 valence electrons. The van der Waals surface area contributed by atoms with Crippen molar-refractivity contribution in [3.05, 3.63) is 67.1 Å². The Morgan fingerprint density at radius 3 is 2.30 bits per heavy atom. The van der Waals surface area contributed by atoms with Crippen LogP contribution < -0.4 is 0 Å². The minimum atomic E-state index is -0.496. The molecule has 0 heterocycles. The Balaban J connectivity index is 2.35. The van der Waals surface area contributed by atoms with Gasteiger partial charge < -0.3 is 0 Å². The van der Waals surface area contributed by atoms with Gasteiger partial charge in [0.2, 0.25) is 0 Å². The molecule has 0 radical (unpaired) electrons. The van der Waals surface area contributed by atoms with Gasteiger partial charge in [-0.15, -0.1) is 0 Å². The van der Waals surface area contributed by atoms with Crippen molar-refractivity contribution in [2.45, 2.75) is 0 Å². The molecule has 0 aliphatic rings. The third-order valence-electron chi connectivity index (χ3n) is 2.39. The predicted octanol–water partition coefficient (Wildman–Crippen LogP) is 5.31. The molecule has 7 heteroatoms. The maximum atomic E-state index is 10.7. The topological polar surface area (TPSA) is 55.5 Å². The number of nitro benzene ring substituents is 1. The fraction of sp³-hybridized carbons (Fsp3) is 0. The lowest BCUT2D eigenvalue weighted by molar-refractivity contribution is -0.384. The van der Waals surface area contributed by atoms with Crippen molar-refractivity contribution < 1.29 is 4.92 Å². The highest BCUT2D eigenvalue weighted by atomic mass is 35.5. The number of hydrogen-bond acceptors (Lipinski definition) is 3. The van der Waals surface area contributed by atoms with Crippen molar-refractivity contribution in [2.75, 3.05) is 0 Å². The van der Waals surface area contributed by atoms with E-state index in [-0.39, 0.29) is 5.69 Å². The number of hydrogen-bond donors (Lipinski definition) is 0. The minimum Gasteiger partial charge on any atom is -0.258 e. The molecule has 0 saturated heterocycles. The van der Waals surface area contributed by atoms with E-state index in [1.54, 1.807) is 18.2 Å². The molecule has 0 aliphatic carbocycles. The van der Waals surface area contributed by atoms with Gasteiger partial charge in [-0.25, -0.2) is 0 Å². The van der Waals surface area contributed by atoms with Gasteiger partial charge in [0.05, 0.1) is 10.6 Å². The first-order valence-electron chi connectivity index (χ1n) is 5.40. The van der Waals surface area contributed by atoms with Crippen LogP contribution in [0.1, 0.15) is 5.56 Å². The Labute approximate surface area is 129 Å². The average Bonchev–Trinajstić information content (AvgIpc) is 2.36. The van der Waals surface area contributed by atoms with Crippen molar-refractivity contribution in [2.24, 2.45) is 4.99 Å². The van der Waals surface area contributed by atoms with Crippen LogP contribution in [0.3, 0.4) is 0 Å². The molecule has 0 fully saturated rings. The smallest absolute Gasteiger partial charge is 0.258 e. The van der Waals surface area contributed by atoms with Gasteiger partial charge in [-0.05, 0) is 24.3 Å². The van der Waals surface area contributed by atoms with E-state index >= 15 is 0 Å². The van der Waals surface area contributed by atoms with E-state index in [0.29, 0.717) is 26.3 Å². The zero-order valence-electron chi connectivity index (χ0n) is 9.89.